The Kier molecular flexibility index (Phi) is 5.88. The molecule has 7 nitrogen and oxygen atoms in total. The number of amides is 1. The molecule has 3 rings (SSSR count). The minimum Gasteiger partial charge on any atom is -0.359 e. The molecule has 2 aromatic rings. The van der Waals surface area contributed by atoms with Crippen molar-refractivity contribution in [2.45, 2.75) is 58.5 Å². The summed E-state index contributed by atoms with van der Waals surface area (Å²) in [6, 6.07) is 5.09. The number of nitrogens with zero attached hydrogens (tertiary/aromatic N) is 3. The van der Waals surface area contributed by atoms with E-state index in [2.05, 4.69) is 27.2 Å². The van der Waals surface area contributed by atoms with Crippen molar-refractivity contribution in [3.05, 3.63) is 40.4 Å². The fourth-order valence-electron chi connectivity index (χ4n) is 3.40. The van der Waals surface area contributed by atoms with Gasteiger partial charge in [-0.2, -0.15) is 0 Å². The van der Waals surface area contributed by atoms with E-state index in [4.69, 9.17) is 0 Å². The van der Waals surface area contributed by atoms with E-state index in [0.29, 0.717) is 24.1 Å². The molecule has 2 N–H and O–H groups in total. The van der Waals surface area contributed by atoms with Crippen LogP contribution in [-0.2, 0) is 11.2 Å². The molecule has 0 spiro atoms. The quantitative estimate of drug-likeness (QED) is 0.845. The van der Waals surface area contributed by atoms with Crippen molar-refractivity contribution >= 4 is 11.7 Å². The topological polar surface area (TPSA) is 91.0 Å². The minimum atomic E-state index is -0.342. The first kappa shape index (κ1) is 19.1. The van der Waals surface area contributed by atoms with Crippen LogP contribution in [0.2, 0.25) is 0 Å². The van der Waals surface area contributed by atoms with Gasteiger partial charge in [0.2, 0.25) is 5.91 Å². The van der Waals surface area contributed by atoms with E-state index in [-0.39, 0.29) is 17.5 Å². The summed E-state index contributed by atoms with van der Waals surface area (Å²) in [5, 5.41) is 3.18. The van der Waals surface area contributed by atoms with E-state index in [1.54, 1.807) is 12.3 Å². The van der Waals surface area contributed by atoms with Gasteiger partial charge in [-0.1, -0.05) is 6.92 Å². The molecule has 1 fully saturated rings. The first-order valence-electron chi connectivity index (χ1n) is 9.61. The maximum absolute atomic E-state index is 12.7. The molecule has 7 heteroatoms. The van der Waals surface area contributed by atoms with E-state index < -0.39 is 0 Å². The zero-order chi connectivity index (χ0) is 19.4. The van der Waals surface area contributed by atoms with Gasteiger partial charge in [0.15, 0.2) is 0 Å². The van der Waals surface area contributed by atoms with Gasteiger partial charge in [-0.05, 0) is 51.7 Å². The van der Waals surface area contributed by atoms with Gasteiger partial charge in [-0.15, -0.1) is 0 Å². The third kappa shape index (κ3) is 4.53. The van der Waals surface area contributed by atoms with Crippen molar-refractivity contribution in [1.82, 2.24) is 19.9 Å². The fourth-order valence-corrected chi connectivity index (χ4v) is 3.40. The number of carbonyl (C=O) groups is 1. The number of carbonyl (C=O) groups excluding carboxylic acids is 1. The second-order valence-corrected chi connectivity index (χ2v) is 7.11. The molecule has 0 aromatic carbocycles. The summed E-state index contributed by atoms with van der Waals surface area (Å²) in [7, 11) is 0. The van der Waals surface area contributed by atoms with Crippen molar-refractivity contribution in [3.8, 4) is 11.4 Å². The number of H-pyrrole nitrogens is 1. The Morgan fingerprint density at radius 3 is 2.89 bits per heavy atom. The van der Waals surface area contributed by atoms with E-state index in [1.807, 2.05) is 24.8 Å². The molecule has 2 aromatic heterocycles. The molecular weight excluding hydrogens is 342 g/mol. The standard InChI is InChI=1S/C20H27N5O2/c1-4-16-11-18(26)24-19(23-16)15-8-9-17(21-12-15)22-14(3)20(27)25-10-6-5-7-13(25)2/h8-9,11-14H,4-7,10H2,1-3H3,(H,21,22)(H,23,24,26). The molecule has 2 atom stereocenters. The van der Waals surface area contributed by atoms with Crippen LogP contribution in [0.4, 0.5) is 5.82 Å². The maximum Gasteiger partial charge on any atom is 0.251 e. The van der Waals surface area contributed by atoms with E-state index in [0.717, 1.165) is 30.6 Å². The zero-order valence-electron chi connectivity index (χ0n) is 16.2. The van der Waals surface area contributed by atoms with Gasteiger partial charge >= 0.3 is 0 Å². The molecule has 1 aliphatic rings. The van der Waals surface area contributed by atoms with Crippen LogP contribution < -0.4 is 10.9 Å². The van der Waals surface area contributed by atoms with Crippen LogP contribution in [0.3, 0.4) is 0 Å². The third-order valence-corrected chi connectivity index (χ3v) is 5.01. The van der Waals surface area contributed by atoms with E-state index in [9.17, 15) is 9.59 Å². The van der Waals surface area contributed by atoms with Crippen LogP contribution in [0.15, 0.2) is 29.2 Å². The van der Waals surface area contributed by atoms with Gasteiger partial charge in [-0.25, -0.2) is 9.97 Å². The minimum absolute atomic E-state index is 0.106. The summed E-state index contributed by atoms with van der Waals surface area (Å²) in [4.78, 5) is 37.9. The highest BCUT2D eigenvalue weighted by Gasteiger charge is 2.27. The molecule has 1 amide bonds. The number of aryl methyl sites for hydroxylation is 1. The number of piperidine rings is 1. The second-order valence-electron chi connectivity index (χ2n) is 7.11. The van der Waals surface area contributed by atoms with Crippen molar-refractivity contribution in [3.63, 3.8) is 0 Å². The molecular formula is C20H27N5O2. The lowest BCUT2D eigenvalue weighted by Gasteiger charge is -2.35. The Morgan fingerprint density at radius 2 is 2.22 bits per heavy atom. The molecule has 144 valence electrons. The first-order chi connectivity index (χ1) is 13.0. The number of likely N-dealkylation sites (tertiary alicyclic amines) is 1. The molecule has 3 heterocycles. The van der Waals surface area contributed by atoms with Gasteiger partial charge in [0.05, 0.1) is 0 Å². The predicted molar refractivity (Wildman–Crippen MR) is 106 cm³/mol. The highest BCUT2D eigenvalue weighted by molar-refractivity contribution is 5.84. The highest BCUT2D eigenvalue weighted by atomic mass is 16.2. The first-order valence-corrected chi connectivity index (χ1v) is 9.61. The number of hydrogen-bond acceptors (Lipinski definition) is 5. The monoisotopic (exact) mass is 369 g/mol. The number of hydrogen-bond donors (Lipinski definition) is 2. The van der Waals surface area contributed by atoms with Gasteiger partial charge in [0.1, 0.15) is 17.7 Å². The number of anilines is 1. The van der Waals surface area contributed by atoms with E-state index in [1.165, 1.54) is 12.5 Å². The Balaban J connectivity index is 1.69. The largest absolute Gasteiger partial charge is 0.359 e. The number of aromatic nitrogens is 3. The molecule has 1 aliphatic heterocycles. The van der Waals surface area contributed by atoms with Gasteiger partial charge in [-0.3, -0.25) is 9.59 Å². The lowest BCUT2D eigenvalue weighted by Crippen LogP contribution is -2.48. The van der Waals surface area contributed by atoms with Crippen LogP contribution in [0, 0.1) is 0 Å². The van der Waals surface area contributed by atoms with Gasteiger partial charge < -0.3 is 15.2 Å². The van der Waals surface area contributed by atoms with Crippen LogP contribution in [0.25, 0.3) is 11.4 Å². The number of rotatable bonds is 5. The van der Waals surface area contributed by atoms with Crippen LogP contribution in [0.1, 0.15) is 45.7 Å². The molecule has 0 saturated carbocycles. The normalized spacial score (nSPS) is 18.2. The Hall–Kier alpha value is -2.70. The van der Waals surface area contributed by atoms with Gasteiger partial charge in [0, 0.05) is 36.1 Å². The van der Waals surface area contributed by atoms with Crippen molar-refractivity contribution in [1.29, 1.82) is 0 Å². The number of pyridine rings is 1. The third-order valence-electron chi connectivity index (χ3n) is 5.01. The highest BCUT2D eigenvalue weighted by Crippen LogP contribution is 2.19. The van der Waals surface area contributed by atoms with Crippen molar-refractivity contribution in [2.24, 2.45) is 0 Å². The average Bonchev–Trinajstić information content (AvgIpc) is 2.67. The van der Waals surface area contributed by atoms with Crippen molar-refractivity contribution in [2.75, 3.05) is 11.9 Å². The fraction of sp³-hybridized carbons (Fsp3) is 0.500. The zero-order valence-corrected chi connectivity index (χ0v) is 16.2. The summed E-state index contributed by atoms with van der Waals surface area (Å²) in [5.74, 6) is 1.23. The van der Waals surface area contributed by atoms with Crippen LogP contribution in [0.5, 0.6) is 0 Å². The van der Waals surface area contributed by atoms with E-state index >= 15 is 0 Å². The maximum atomic E-state index is 12.7. The number of aromatic amines is 1. The Bertz CT molecular complexity index is 846. The van der Waals surface area contributed by atoms with Gasteiger partial charge in [0.25, 0.3) is 5.56 Å². The summed E-state index contributed by atoms with van der Waals surface area (Å²) in [5.41, 5.74) is 1.30. The lowest BCUT2D eigenvalue weighted by atomic mass is 10.0. The summed E-state index contributed by atoms with van der Waals surface area (Å²) >= 11 is 0. The number of nitrogens with one attached hydrogen (secondary N) is 2. The van der Waals surface area contributed by atoms with Crippen molar-refractivity contribution < 1.29 is 4.79 Å². The molecule has 0 radical (unpaired) electrons. The van der Waals surface area contributed by atoms with Crippen LogP contribution in [-0.4, -0.2) is 44.4 Å². The van der Waals surface area contributed by atoms with Crippen LogP contribution >= 0.6 is 0 Å². The Morgan fingerprint density at radius 1 is 1.41 bits per heavy atom. The summed E-state index contributed by atoms with van der Waals surface area (Å²) < 4.78 is 0. The lowest BCUT2D eigenvalue weighted by molar-refractivity contribution is -0.134. The molecule has 0 aliphatic carbocycles. The summed E-state index contributed by atoms with van der Waals surface area (Å²) in [6.45, 7) is 6.75. The molecule has 1 saturated heterocycles. The SMILES string of the molecule is CCc1cc(=O)[nH]c(-c2ccc(NC(C)C(=O)N3CCCCC3C)nc2)n1. The summed E-state index contributed by atoms with van der Waals surface area (Å²) in [6.07, 6.45) is 5.66. The smallest absolute Gasteiger partial charge is 0.251 e. The molecule has 27 heavy (non-hydrogen) atoms. The molecule has 0 bridgehead atoms. The predicted octanol–water partition coefficient (Wildman–Crippen LogP) is 2.60. The Labute approximate surface area is 159 Å². The average molecular weight is 369 g/mol. The molecule has 2 unspecified atom stereocenters. The second kappa shape index (κ2) is 8.33.